The molecule has 1 amide bonds. The average Bonchev–Trinajstić information content (AvgIpc) is 2.72. The van der Waals surface area contributed by atoms with Gasteiger partial charge in [0.15, 0.2) is 0 Å². The van der Waals surface area contributed by atoms with E-state index in [0.29, 0.717) is 21.5 Å². The molecule has 3 aromatic rings. The summed E-state index contributed by atoms with van der Waals surface area (Å²) in [6, 6.07) is 20.6. The van der Waals surface area contributed by atoms with Gasteiger partial charge in [-0.05, 0) is 82.0 Å². The van der Waals surface area contributed by atoms with Crippen LogP contribution in [0.15, 0.2) is 76.8 Å². The summed E-state index contributed by atoms with van der Waals surface area (Å²) in [6.45, 7) is 2.21. The predicted octanol–water partition coefficient (Wildman–Crippen LogP) is 6.02. The van der Waals surface area contributed by atoms with Crippen molar-refractivity contribution in [2.75, 3.05) is 5.32 Å². The summed E-state index contributed by atoms with van der Waals surface area (Å²) in [4.78, 5) is 12.4. The maximum atomic E-state index is 13.0. The van der Waals surface area contributed by atoms with E-state index in [2.05, 4.69) is 21.2 Å². The number of carbonyl (C=O) groups is 1. The molecular formula is C24H18BrFN2O2. The number of hydrogen-bond donors (Lipinski definition) is 1. The third-order valence-electron chi connectivity index (χ3n) is 4.22. The second-order valence-corrected chi connectivity index (χ2v) is 7.45. The molecule has 0 unspecified atom stereocenters. The number of halogens is 2. The molecular weight excluding hydrogens is 447 g/mol. The van der Waals surface area contributed by atoms with Crippen LogP contribution in [0.1, 0.15) is 16.7 Å². The van der Waals surface area contributed by atoms with E-state index in [9.17, 15) is 14.4 Å². The molecule has 0 aliphatic carbocycles. The molecule has 0 atom stereocenters. The van der Waals surface area contributed by atoms with Crippen molar-refractivity contribution < 1.29 is 13.9 Å². The van der Waals surface area contributed by atoms with Gasteiger partial charge in [0.1, 0.15) is 29.8 Å². The van der Waals surface area contributed by atoms with Crippen LogP contribution in [-0.2, 0) is 11.4 Å². The molecule has 3 aromatic carbocycles. The fourth-order valence-electron chi connectivity index (χ4n) is 2.70. The van der Waals surface area contributed by atoms with Crippen LogP contribution >= 0.6 is 15.9 Å². The Morgan fingerprint density at radius 2 is 1.93 bits per heavy atom. The van der Waals surface area contributed by atoms with Crippen molar-refractivity contribution >= 4 is 33.6 Å². The minimum Gasteiger partial charge on any atom is -0.488 e. The van der Waals surface area contributed by atoms with Gasteiger partial charge in [0.2, 0.25) is 0 Å². The predicted molar refractivity (Wildman–Crippen MR) is 118 cm³/mol. The molecule has 30 heavy (non-hydrogen) atoms. The molecule has 0 aliphatic heterocycles. The van der Waals surface area contributed by atoms with Crippen LogP contribution in [0, 0.1) is 24.1 Å². The van der Waals surface area contributed by atoms with Crippen LogP contribution in [-0.4, -0.2) is 5.91 Å². The summed E-state index contributed by atoms with van der Waals surface area (Å²) >= 11 is 3.45. The van der Waals surface area contributed by atoms with Crippen LogP contribution in [0.2, 0.25) is 0 Å². The van der Waals surface area contributed by atoms with Crippen molar-refractivity contribution in [2.24, 2.45) is 0 Å². The minimum absolute atomic E-state index is 0.0108. The van der Waals surface area contributed by atoms with E-state index in [1.54, 1.807) is 36.4 Å². The van der Waals surface area contributed by atoms with Gasteiger partial charge >= 0.3 is 0 Å². The number of nitriles is 1. The molecule has 0 spiro atoms. The number of rotatable bonds is 6. The van der Waals surface area contributed by atoms with Crippen molar-refractivity contribution in [1.82, 2.24) is 0 Å². The van der Waals surface area contributed by atoms with Crippen LogP contribution in [0.25, 0.3) is 6.08 Å². The van der Waals surface area contributed by atoms with E-state index in [4.69, 9.17) is 4.74 Å². The first-order valence-electron chi connectivity index (χ1n) is 9.11. The largest absolute Gasteiger partial charge is 0.488 e. The third-order valence-corrected chi connectivity index (χ3v) is 4.84. The van der Waals surface area contributed by atoms with Gasteiger partial charge in [-0.1, -0.05) is 30.3 Å². The lowest BCUT2D eigenvalue weighted by Crippen LogP contribution is -2.13. The number of carbonyl (C=O) groups excluding carboxylic acids is 1. The van der Waals surface area contributed by atoms with E-state index in [0.717, 1.165) is 11.1 Å². The molecule has 1 N–H and O–H groups in total. The highest BCUT2D eigenvalue weighted by Crippen LogP contribution is 2.28. The van der Waals surface area contributed by atoms with Crippen molar-refractivity contribution in [1.29, 1.82) is 5.26 Å². The molecule has 0 saturated heterocycles. The fourth-order valence-corrected chi connectivity index (χ4v) is 3.21. The Morgan fingerprint density at radius 3 is 2.60 bits per heavy atom. The lowest BCUT2D eigenvalue weighted by molar-refractivity contribution is -0.112. The summed E-state index contributed by atoms with van der Waals surface area (Å²) in [6.07, 6.45) is 1.51. The molecule has 0 fully saturated rings. The van der Waals surface area contributed by atoms with Crippen LogP contribution in [0.4, 0.5) is 10.1 Å². The average molecular weight is 465 g/mol. The van der Waals surface area contributed by atoms with Crippen LogP contribution in [0.5, 0.6) is 5.75 Å². The van der Waals surface area contributed by atoms with Crippen molar-refractivity contribution in [3.8, 4) is 11.8 Å². The SMILES string of the molecule is Cc1cccc(NC(=O)/C(C#N)=C\c2ccc(OCc3ccc(F)cc3)c(Br)c2)c1. The number of ether oxygens (including phenoxy) is 1. The van der Waals surface area contributed by atoms with Crippen molar-refractivity contribution in [3.63, 3.8) is 0 Å². The molecule has 0 saturated carbocycles. The summed E-state index contributed by atoms with van der Waals surface area (Å²) in [7, 11) is 0. The summed E-state index contributed by atoms with van der Waals surface area (Å²) in [5, 5.41) is 12.1. The highest BCUT2D eigenvalue weighted by atomic mass is 79.9. The Labute approximate surface area is 182 Å². The maximum Gasteiger partial charge on any atom is 0.266 e. The Kier molecular flexibility index (Phi) is 6.99. The van der Waals surface area contributed by atoms with Gasteiger partial charge < -0.3 is 10.1 Å². The Morgan fingerprint density at radius 1 is 1.17 bits per heavy atom. The van der Waals surface area contributed by atoms with Gasteiger partial charge in [0.25, 0.3) is 5.91 Å². The highest BCUT2D eigenvalue weighted by molar-refractivity contribution is 9.10. The van der Waals surface area contributed by atoms with Gasteiger partial charge in [-0.2, -0.15) is 5.26 Å². The molecule has 3 rings (SSSR count). The maximum absolute atomic E-state index is 13.0. The topological polar surface area (TPSA) is 62.1 Å². The number of benzene rings is 3. The number of aryl methyl sites for hydroxylation is 1. The van der Waals surface area contributed by atoms with E-state index in [1.807, 2.05) is 31.2 Å². The van der Waals surface area contributed by atoms with Crippen LogP contribution in [0.3, 0.4) is 0 Å². The molecule has 0 aromatic heterocycles. The molecule has 6 heteroatoms. The zero-order valence-electron chi connectivity index (χ0n) is 16.2. The zero-order chi connectivity index (χ0) is 21.5. The van der Waals surface area contributed by atoms with Crippen molar-refractivity contribution in [3.05, 3.63) is 99.3 Å². The summed E-state index contributed by atoms with van der Waals surface area (Å²) in [5.41, 5.74) is 3.14. The lowest BCUT2D eigenvalue weighted by atomic mass is 10.1. The highest BCUT2D eigenvalue weighted by Gasteiger charge is 2.11. The number of anilines is 1. The molecule has 0 bridgehead atoms. The molecule has 150 valence electrons. The third kappa shape index (κ3) is 5.79. The Balaban J connectivity index is 1.70. The van der Waals surface area contributed by atoms with Gasteiger partial charge in [-0.15, -0.1) is 0 Å². The lowest BCUT2D eigenvalue weighted by Gasteiger charge is -2.09. The van der Waals surface area contributed by atoms with Gasteiger partial charge in [0.05, 0.1) is 4.47 Å². The fraction of sp³-hybridized carbons (Fsp3) is 0.0833. The van der Waals surface area contributed by atoms with Crippen LogP contribution < -0.4 is 10.1 Å². The first-order chi connectivity index (χ1) is 14.4. The minimum atomic E-state index is -0.476. The summed E-state index contributed by atoms with van der Waals surface area (Å²) < 4.78 is 19.4. The number of amides is 1. The normalized spacial score (nSPS) is 10.9. The van der Waals surface area contributed by atoms with E-state index in [-0.39, 0.29) is 18.0 Å². The molecule has 0 heterocycles. The standard InChI is InChI=1S/C24H18BrFN2O2/c1-16-3-2-4-21(11-16)28-24(29)19(14-27)12-18-7-10-23(22(25)13-18)30-15-17-5-8-20(26)9-6-17/h2-13H,15H2,1H3,(H,28,29)/b19-12-. The van der Waals surface area contributed by atoms with Gasteiger partial charge in [-0.3, -0.25) is 4.79 Å². The smallest absolute Gasteiger partial charge is 0.266 e. The molecule has 0 radical (unpaired) electrons. The second kappa shape index (κ2) is 9.86. The van der Waals surface area contributed by atoms with Crippen molar-refractivity contribution in [2.45, 2.75) is 13.5 Å². The zero-order valence-corrected chi connectivity index (χ0v) is 17.7. The number of hydrogen-bond acceptors (Lipinski definition) is 3. The first-order valence-corrected chi connectivity index (χ1v) is 9.90. The summed E-state index contributed by atoms with van der Waals surface area (Å²) in [5.74, 6) is -0.175. The second-order valence-electron chi connectivity index (χ2n) is 6.60. The van der Waals surface area contributed by atoms with Gasteiger partial charge in [-0.25, -0.2) is 4.39 Å². The van der Waals surface area contributed by atoms with E-state index in [1.165, 1.54) is 18.2 Å². The van der Waals surface area contributed by atoms with Gasteiger partial charge in [0, 0.05) is 5.69 Å². The Hall–Kier alpha value is -3.43. The quantitative estimate of drug-likeness (QED) is 0.358. The first kappa shape index (κ1) is 21.3. The van der Waals surface area contributed by atoms with E-state index >= 15 is 0 Å². The van der Waals surface area contributed by atoms with E-state index < -0.39 is 5.91 Å². The molecule has 0 aliphatic rings. The monoisotopic (exact) mass is 464 g/mol. The molecule has 4 nitrogen and oxygen atoms in total. The number of nitrogens with one attached hydrogen (secondary N) is 1. The number of nitrogens with zero attached hydrogens (tertiary/aromatic N) is 1. The Bertz CT molecular complexity index is 1130.